The van der Waals surface area contributed by atoms with Crippen molar-refractivity contribution in [3.8, 4) is 0 Å². The van der Waals surface area contributed by atoms with Gasteiger partial charge in [-0.05, 0) is 6.07 Å². The summed E-state index contributed by atoms with van der Waals surface area (Å²) in [7, 11) is 3.22. The van der Waals surface area contributed by atoms with Gasteiger partial charge in [0.1, 0.15) is 5.82 Å². The molecule has 7 nitrogen and oxygen atoms in total. The highest BCUT2D eigenvalue weighted by atomic mass is 16.5. The number of ether oxygens (including phenoxy) is 2. The van der Waals surface area contributed by atoms with E-state index in [1.807, 2.05) is 4.90 Å². The maximum absolute atomic E-state index is 11.5. The number of methoxy groups -OCH3 is 2. The number of anilines is 2. The number of primary amides is 1. The van der Waals surface area contributed by atoms with Crippen molar-refractivity contribution in [1.82, 2.24) is 4.98 Å². The lowest BCUT2D eigenvalue weighted by atomic mass is 10.2. The standard InChI is InChI=1S/C12H20N4O3/c1-18-5-3-16(4-6-19-2)12-10(11(14)17)7-9(13)8-15-12/h7-8H,3-6,13H2,1-2H3,(H2,14,17). The van der Waals surface area contributed by atoms with Gasteiger partial charge in [0.05, 0.1) is 30.7 Å². The molecular formula is C12H20N4O3. The molecule has 0 aliphatic rings. The van der Waals surface area contributed by atoms with Crippen molar-refractivity contribution in [2.75, 3.05) is 51.2 Å². The molecule has 0 aliphatic carbocycles. The van der Waals surface area contributed by atoms with Gasteiger partial charge in [0.15, 0.2) is 0 Å². The lowest BCUT2D eigenvalue weighted by molar-refractivity contribution is 0.1000. The summed E-state index contributed by atoms with van der Waals surface area (Å²) in [4.78, 5) is 17.5. The summed E-state index contributed by atoms with van der Waals surface area (Å²) in [5.74, 6) is -0.0644. The highest BCUT2D eigenvalue weighted by Crippen LogP contribution is 2.19. The van der Waals surface area contributed by atoms with Crippen LogP contribution >= 0.6 is 0 Å². The Labute approximate surface area is 112 Å². The lowest BCUT2D eigenvalue weighted by Gasteiger charge is -2.24. The fourth-order valence-electron chi connectivity index (χ4n) is 1.63. The van der Waals surface area contributed by atoms with Crippen LogP contribution in [0.5, 0.6) is 0 Å². The summed E-state index contributed by atoms with van der Waals surface area (Å²) >= 11 is 0. The molecular weight excluding hydrogens is 248 g/mol. The molecule has 106 valence electrons. The van der Waals surface area contributed by atoms with Gasteiger partial charge in [0.25, 0.3) is 5.91 Å². The Balaban J connectivity index is 3.02. The smallest absolute Gasteiger partial charge is 0.252 e. The monoisotopic (exact) mass is 268 g/mol. The van der Waals surface area contributed by atoms with Crippen molar-refractivity contribution in [3.05, 3.63) is 17.8 Å². The Hall–Kier alpha value is -1.86. The van der Waals surface area contributed by atoms with Crippen LogP contribution in [0.3, 0.4) is 0 Å². The fourth-order valence-corrected chi connectivity index (χ4v) is 1.63. The molecule has 0 aliphatic heterocycles. The third kappa shape index (κ3) is 4.38. The van der Waals surface area contributed by atoms with Crippen LogP contribution in [0.1, 0.15) is 10.4 Å². The minimum Gasteiger partial charge on any atom is -0.397 e. The molecule has 1 rings (SSSR count). The zero-order valence-corrected chi connectivity index (χ0v) is 11.3. The van der Waals surface area contributed by atoms with Crippen LogP contribution in [-0.4, -0.2) is 51.4 Å². The zero-order chi connectivity index (χ0) is 14.3. The predicted octanol–water partition coefficient (Wildman–Crippen LogP) is -0.138. The van der Waals surface area contributed by atoms with Crippen molar-refractivity contribution in [2.24, 2.45) is 5.73 Å². The molecule has 0 saturated carbocycles. The Morgan fingerprint density at radius 1 is 1.32 bits per heavy atom. The van der Waals surface area contributed by atoms with E-state index in [0.717, 1.165) is 0 Å². The van der Waals surface area contributed by atoms with E-state index in [0.29, 0.717) is 43.4 Å². The van der Waals surface area contributed by atoms with Crippen molar-refractivity contribution in [1.29, 1.82) is 0 Å². The number of nitrogen functional groups attached to an aromatic ring is 1. The highest BCUT2D eigenvalue weighted by Gasteiger charge is 2.16. The van der Waals surface area contributed by atoms with Crippen molar-refractivity contribution in [2.45, 2.75) is 0 Å². The Morgan fingerprint density at radius 3 is 2.37 bits per heavy atom. The predicted molar refractivity (Wildman–Crippen MR) is 73.1 cm³/mol. The summed E-state index contributed by atoms with van der Waals surface area (Å²) in [6, 6.07) is 1.53. The summed E-state index contributed by atoms with van der Waals surface area (Å²) < 4.78 is 10.1. The molecule has 0 spiro atoms. The Morgan fingerprint density at radius 2 is 1.89 bits per heavy atom. The van der Waals surface area contributed by atoms with Crippen LogP contribution in [-0.2, 0) is 9.47 Å². The molecule has 19 heavy (non-hydrogen) atoms. The van der Waals surface area contributed by atoms with Crippen molar-refractivity contribution < 1.29 is 14.3 Å². The van der Waals surface area contributed by atoms with Gasteiger partial charge in [-0.2, -0.15) is 0 Å². The number of pyridine rings is 1. The molecule has 0 radical (unpaired) electrons. The van der Waals surface area contributed by atoms with Gasteiger partial charge in [-0.15, -0.1) is 0 Å². The summed E-state index contributed by atoms with van der Waals surface area (Å²) in [5, 5.41) is 0. The molecule has 0 saturated heterocycles. The first-order valence-corrected chi connectivity index (χ1v) is 5.88. The van der Waals surface area contributed by atoms with E-state index in [9.17, 15) is 4.79 Å². The average molecular weight is 268 g/mol. The Bertz CT molecular complexity index is 417. The lowest BCUT2D eigenvalue weighted by Crippen LogP contribution is -2.33. The van der Waals surface area contributed by atoms with E-state index >= 15 is 0 Å². The van der Waals surface area contributed by atoms with E-state index in [1.54, 1.807) is 14.2 Å². The average Bonchev–Trinajstić information content (AvgIpc) is 2.39. The molecule has 4 N–H and O–H groups in total. The SMILES string of the molecule is COCCN(CCOC)c1ncc(N)cc1C(N)=O. The first-order chi connectivity index (χ1) is 9.10. The number of carbonyl (C=O) groups excluding carboxylic acids is 1. The van der Waals surface area contributed by atoms with E-state index in [2.05, 4.69) is 4.98 Å². The summed E-state index contributed by atoms with van der Waals surface area (Å²) in [6.45, 7) is 2.18. The van der Waals surface area contributed by atoms with Crippen molar-refractivity contribution >= 4 is 17.4 Å². The number of hydrogen-bond donors (Lipinski definition) is 2. The van der Waals surface area contributed by atoms with Crippen LogP contribution < -0.4 is 16.4 Å². The maximum Gasteiger partial charge on any atom is 0.252 e. The number of carbonyl (C=O) groups is 1. The van der Waals surface area contributed by atoms with E-state index in [1.165, 1.54) is 12.3 Å². The normalized spacial score (nSPS) is 10.4. The quantitative estimate of drug-likeness (QED) is 0.680. The minimum atomic E-state index is -0.561. The van der Waals surface area contributed by atoms with Crippen LogP contribution in [0.4, 0.5) is 11.5 Å². The first kappa shape index (κ1) is 15.2. The molecule has 0 unspecified atom stereocenters. The third-order valence-electron chi connectivity index (χ3n) is 2.58. The molecule has 0 aromatic carbocycles. The van der Waals surface area contributed by atoms with Crippen LogP contribution in [0, 0.1) is 0 Å². The fraction of sp³-hybridized carbons (Fsp3) is 0.500. The van der Waals surface area contributed by atoms with E-state index in [-0.39, 0.29) is 0 Å². The minimum absolute atomic E-state index is 0.298. The largest absolute Gasteiger partial charge is 0.397 e. The van der Waals surface area contributed by atoms with Gasteiger partial charge in [0, 0.05) is 27.3 Å². The number of nitrogens with zero attached hydrogens (tertiary/aromatic N) is 2. The molecule has 0 fully saturated rings. The zero-order valence-electron chi connectivity index (χ0n) is 11.3. The molecule has 0 bridgehead atoms. The molecule has 7 heteroatoms. The number of aromatic nitrogens is 1. The second kappa shape index (κ2) is 7.55. The number of rotatable bonds is 8. The number of hydrogen-bond acceptors (Lipinski definition) is 6. The summed E-state index contributed by atoms with van der Waals surface area (Å²) in [5.41, 5.74) is 11.7. The molecule has 1 heterocycles. The second-order valence-electron chi connectivity index (χ2n) is 3.98. The Kier molecular flexibility index (Phi) is 6.04. The molecule has 0 atom stereocenters. The maximum atomic E-state index is 11.5. The van der Waals surface area contributed by atoms with Crippen LogP contribution in [0.2, 0.25) is 0 Å². The van der Waals surface area contributed by atoms with E-state index < -0.39 is 5.91 Å². The van der Waals surface area contributed by atoms with Gasteiger partial charge in [0.2, 0.25) is 0 Å². The number of nitrogens with two attached hydrogens (primary N) is 2. The van der Waals surface area contributed by atoms with Gasteiger partial charge in [-0.25, -0.2) is 4.98 Å². The van der Waals surface area contributed by atoms with Gasteiger partial charge in [-0.1, -0.05) is 0 Å². The van der Waals surface area contributed by atoms with Crippen LogP contribution in [0.25, 0.3) is 0 Å². The first-order valence-electron chi connectivity index (χ1n) is 5.88. The number of amides is 1. The third-order valence-corrected chi connectivity index (χ3v) is 2.58. The molecule has 1 amide bonds. The van der Waals surface area contributed by atoms with Gasteiger partial charge >= 0.3 is 0 Å². The molecule has 1 aromatic rings. The summed E-state index contributed by atoms with van der Waals surface area (Å²) in [6.07, 6.45) is 1.49. The van der Waals surface area contributed by atoms with E-state index in [4.69, 9.17) is 20.9 Å². The second-order valence-corrected chi connectivity index (χ2v) is 3.98. The van der Waals surface area contributed by atoms with Gasteiger partial charge in [-0.3, -0.25) is 4.79 Å². The van der Waals surface area contributed by atoms with Crippen molar-refractivity contribution in [3.63, 3.8) is 0 Å². The molecule has 1 aromatic heterocycles. The topological polar surface area (TPSA) is 104 Å². The van der Waals surface area contributed by atoms with Crippen LogP contribution in [0.15, 0.2) is 12.3 Å². The highest BCUT2D eigenvalue weighted by molar-refractivity contribution is 5.98. The van der Waals surface area contributed by atoms with Gasteiger partial charge < -0.3 is 25.8 Å².